The summed E-state index contributed by atoms with van der Waals surface area (Å²) >= 11 is 0. The van der Waals surface area contributed by atoms with E-state index in [1.165, 1.54) is 12.0 Å². The zero-order chi connectivity index (χ0) is 13.0. The maximum Gasteiger partial charge on any atom is 0.183 e. The number of hydrogen-bond donors (Lipinski definition) is 0. The molecular weight excluding hydrogens is 224 g/mol. The van der Waals surface area contributed by atoms with Crippen LogP contribution in [0.3, 0.4) is 0 Å². The van der Waals surface area contributed by atoms with Crippen LogP contribution in [0.5, 0.6) is 0 Å². The highest BCUT2D eigenvalue weighted by Crippen LogP contribution is 2.33. The van der Waals surface area contributed by atoms with Gasteiger partial charge >= 0.3 is 0 Å². The fourth-order valence-corrected chi connectivity index (χ4v) is 2.17. The lowest BCUT2D eigenvalue weighted by Crippen LogP contribution is -2.35. The molecule has 0 radical (unpaired) electrons. The van der Waals surface area contributed by atoms with Gasteiger partial charge in [-0.3, -0.25) is 0 Å². The molecule has 0 bridgehead atoms. The maximum atomic E-state index is 5.85. The first-order valence-corrected chi connectivity index (χ1v) is 6.99. The van der Waals surface area contributed by atoms with Gasteiger partial charge in [0, 0.05) is 11.0 Å². The third-order valence-electron chi connectivity index (χ3n) is 3.81. The fourth-order valence-electron chi connectivity index (χ4n) is 2.17. The van der Waals surface area contributed by atoms with E-state index in [9.17, 15) is 0 Å². The van der Waals surface area contributed by atoms with Crippen LogP contribution in [-0.2, 0) is 15.9 Å². The SMILES string of the molecule is CCCc1ccc([C@H]2OC[C@](C)(CC)CO2)cc1. The van der Waals surface area contributed by atoms with E-state index in [1.54, 1.807) is 0 Å². The molecule has 1 aliphatic rings. The summed E-state index contributed by atoms with van der Waals surface area (Å²) in [5.74, 6) is 0. The minimum atomic E-state index is -0.180. The summed E-state index contributed by atoms with van der Waals surface area (Å²) in [6, 6.07) is 8.62. The van der Waals surface area contributed by atoms with Gasteiger partial charge in [0.1, 0.15) is 0 Å². The van der Waals surface area contributed by atoms with E-state index in [1.807, 2.05) is 0 Å². The minimum Gasteiger partial charge on any atom is -0.348 e. The fraction of sp³-hybridized carbons (Fsp3) is 0.625. The molecule has 1 aliphatic heterocycles. The average Bonchev–Trinajstić information content (AvgIpc) is 2.41. The van der Waals surface area contributed by atoms with Crippen LogP contribution in [0.2, 0.25) is 0 Å². The molecule has 18 heavy (non-hydrogen) atoms. The lowest BCUT2D eigenvalue weighted by atomic mass is 9.89. The van der Waals surface area contributed by atoms with E-state index in [-0.39, 0.29) is 11.7 Å². The first-order valence-electron chi connectivity index (χ1n) is 6.99. The molecule has 0 spiro atoms. The highest BCUT2D eigenvalue weighted by molar-refractivity contribution is 5.23. The second-order valence-electron chi connectivity index (χ2n) is 5.61. The van der Waals surface area contributed by atoms with Crippen molar-refractivity contribution in [1.29, 1.82) is 0 Å². The number of hydrogen-bond acceptors (Lipinski definition) is 2. The van der Waals surface area contributed by atoms with Crippen molar-refractivity contribution in [1.82, 2.24) is 0 Å². The lowest BCUT2D eigenvalue weighted by molar-refractivity contribution is -0.230. The first-order chi connectivity index (χ1) is 8.67. The van der Waals surface area contributed by atoms with Crippen LogP contribution in [0.25, 0.3) is 0 Å². The van der Waals surface area contributed by atoms with Crippen molar-refractivity contribution in [3.8, 4) is 0 Å². The zero-order valence-electron chi connectivity index (χ0n) is 11.7. The van der Waals surface area contributed by atoms with Crippen LogP contribution in [0.15, 0.2) is 24.3 Å². The molecule has 0 N–H and O–H groups in total. The number of aryl methyl sites for hydroxylation is 1. The molecule has 100 valence electrons. The topological polar surface area (TPSA) is 18.5 Å². The molecule has 0 unspecified atom stereocenters. The molecule has 1 heterocycles. The smallest absolute Gasteiger partial charge is 0.183 e. The second-order valence-corrected chi connectivity index (χ2v) is 5.61. The van der Waals surface area contributed by atoms with Gasteiger partial charge in [-0.2, -0.15) is 0 Å². The molecule has 2 rings (SSSR count). The molecule has 0 aliphatic carbocycles. The summed E-state index contributed by atoms with van der Waals surface area (Å²) in [4.78, 5) is 0. The van der Waals surface area contributed by atoms with Gasteiger partial charge in [0.15, 0.2) is 6.29 Å². The molecule has 2 heteroatoms. The predicted octanol–water partition coefficient (Wildman–Crippen LogP) is 4.10. The van der Waals surface area contributed by atoms with Crippen molar-refractivity contribution in [3.05, 3.63) is 35.4 Å². The van der Waals surface area contributed by atoms with Crippen molar-refractivity contribution < 1.29 is 9.47 Å². The molecule has 0 amide bonds. The Morgan fingerprint density at radius 3 is 2.22 bits per heavy atom. The molecule has 0 aromatic heterocycles. The Kier molecular flexibility index (Phi) is 4.41. The van der Waals surface area contributed by atoms with Gasteiger partial charge in [0.25, 0.3) is 0 Å². The van der Waals surface area contributed by atoms with Gasteiger partial charge in [-0.15, -0.1) is 0 Å². The van der Waals surface area contributed by atoms with Gasteiger partial charge < -0.3 is 9.47 Å². The van der Waals surface area contributed by atoms with E-state index in [4.69, 9.17) is 9.47 Å². The maximum absolute atomic E-state index is 5.85. The van der Waals surface area contributed by atoms with Crippen molar-refractivity contribution in [2.75, 3.05) is 13.2 Å². The van der Waals surface area contributed by atoms with Crippen LogP contribution >= 0.6 is 0 Å². The summed E-state index contributed by atoms with van der Waals surface area (Å²) in [7, 11) is 0. The van der Waals surface area contributed by atoms with Gasteiger partial charge in [-0.1, -0.05) is 51.5 Å². The Labute approximate surface area is 110 Å². The summed E-state index contributed by atoms with van der Waals surface area (Å²) < 4.78 is 11.7. The predicted molar refractivity (Wildman–Crippen MR) is 73.5 cm³/mol. The molecule has 0 atom stereocenters. The normalized spacial score (nSPS) is 28.3. The monoisotopic (exact) mass is 248 g/mol. The summed E-state index contributed by atoms with van der Waals surface area (Å²) in [5, 5.41) is 0. The zero-order valence-corrected chi connectivity index (χ0v) is 11.7. The summed E-state index contributed by atoms with van der Waals surface area (Å²) in [6.07, 6.45) is 3.24. The Hall–Kier alpha value is -0.860. The van der Waals surface area contributed by atoms with Crippen LogP contribution in [0.1, 0.15) is 51.0 Å². The van der Waals surface area contributed by atoms with E-state index in [2.05, 4.69) is 45.0 Å². The largest absolute Gasteiger partial charge is 0.348 e. The molecule has 2 nitrogen and oxygen atoms in total. The second kappa shape index (κ2) is 5.85. The molecule has 1 saturated heterocycles. The molecule has 1 aromatic carbocycles. The minimum absolute atomic E-state index is 0.179. The number of rotatable bonds is 4. The van der Waals surface area contributed by atoms with Crippen LogP contribution < -0.4 is 0 Å². The van der Waals surface area contributed by atoms with Crippen molar-refractivity contribution in [2.24, 2.45) is 5.41 Å². The van der Waals surface area contributed by atoms with Crippen molar-refractivity contribution in [3.63, 3.8) is 0 Å². The Morgan fingerprint density at radius 1 is 1.11 bits per heavy atom. The Morgan fingerprint density at radius 2 is 1.72 bits per heavy atom. The Balaban J connectivity index is 1.97. The number of ether oxygens (including phenoxy) is 2. The quantitative estimate of drug-likeness (QED) is 0.798. The average molecular weight is 248 g/mol. The van der Waals surface area contributed by atoms with Crippen LogP contribution in [0, 0.1) is 5.41 Å². The Bertz CT molecular complexity index is 361. The molecule has 1 aromatic rings. The molecular formula is C16H24O2. The van der Waals surface area contributed by atoms with Crippen molar-refractivity contribution >= 4 is 0 Å². The van der Waals surface area contributed by atoms with Gasteiger partial charge in [-0.05, 0) is 18.4 Å². The lowest BCUT2D eigenvalue weighted by Gasteiger charge is -2.36. The van der Waals surface area contributed by atoms with E-state index in [0.29, 0.717) is 0 Å². The van der Waals surface area contributed by atoms with Gasteiger partial charge in [0.2, 0.25) is 0 Å². The standard InChI is InChI=1S/C16H24O2/c1-4-6-13-7-9-14(10-8-13)15-17-11-16(3,5-2)12-18-15/h7-10,15H,4-6,11-12H2,1-3H3/t15-,16-. The van der Waals surface area contributed by atoms with Crippen LogP contribution in [-0.4, -0.2) is 13.2 Å². The summed E-state index contributed by atoms with van der Waals surface area (Å²) in [5.41, 5.74) is 2.70. The third-order valence-corrected chi connectivity index (χ3v) is 3.81. The van der Waals surface area contributed by atoms with E-state index in [0.717, 1.165) is 31.6 Å². The van der Waals surface area contributed by atoms with Crippen LogP contribution in [0.4, 0.5) is 0 Å². The number of benzene rings is 1. The third kappa shape index (κ3) is 3.12. The highest BCUT2D eigenvalue weighted by Gasteiger charge is 2.31. The van der Waals surface area contributed by atoms with Gasteiger partial charge in [0.05, 0.1) is 13.2 Å². The van der Waals surface area contributed by atoms with E-state index < -0.39 is 0 Å². The molecule has 0 saturated carbocycles. The van der Waals surface area contributed by atoms with Gasteiger partial charge in [-0.25, -0.2) is 0 Å². The van der Waals surface area contributed by atoms with Crippen molar-refractivity contribution in [2.45, 2.75) is 46.3 Å². The van der Waals surface area contributed by atoms with E-state index >= 15 is 0 Å². The molecule has 1 fully saturated rings. The first kappa shape index (κ1) is 13.6. The highest BCUT2D eigenvalue weighted by atomic mass is 16.7. The summed E-state index contributed by atoms with van der Waals surface area (Å²) in [6.45, 7) is 8.17.